The van der Waals surface area contributed by atoms with E-state index in [1.165, 1.54) is 12.8 Å². The van der Waals surface area contributed by atoms with Gasteiger partial charge in [-0.15, -0.1) is 0 Å². The van der Waals surface area contributed by atoms with Gasteiger partial charge in [-0.2, -0.15) is 0 Å². The predicted molar refractivity (Wildman–Crippen MR) is 77.6 cm³/mol. The second kappa shape index (κ2) is 4.57. The van der Waals surface area contributed by atoms with Crippen LogP contribution in [0.4, 0.5) is 5.69 Å². The minimum Gasteiger partial charge on any atom is -0.398 e. The van der Waals surface area contributed by atoms with Crippen molar-refractivity contribution in [2.75, 3.05) is 5.73 Å². The molecule has 1 aromatic carbocycles. The van der Waals surface area contributed by atoms with Crippen LogP contribution in [0.15, 0.2) is 16.6 Å². The van der Waals surface area contributed by atoms with Gasteiger partial charge in [0.15, 0.2) is 0 Å². The summed E-state index contributed by atoms with van der Waals surface area (Å²) in [4.78, 5) is 12.3. The van der Waals surface area contributed by atoms with Crippen LogP contribution >= 0.6 is 15.9 Å². The maximum absolute atomic E-state index is 12.3. The SMILES string of the molecule is Cc1c(N)cc(Br)cc1C(=O)NC(C)(C)C1CC1. The fourth-order valence-corrected chi connectivity index (χ4v) is 2.68. The van der Waals surface area contributed by atoms with Crippen LogP contribution in [0.3, 0.4) is 0 Å². The number of nitrogens with one attached hydrogen (secondary N) is 1. The Bertz CT molecular complexity index is 493. The molecule has 0 saturated heterocycles. The monoisotopic (exact) mass is 310 g/mol. The molecule has 98 valence electrons. The molecular formula is C14H19BrN2O. The van der Waals surface area contributed by atoms with Gasteiger partial charge >= 0.3 is 0 Å². The predicted octanol–water partition coefficient (Wildman–Crippen LogP) is 3.26. The lowest BCUT2D eigenvalue weighted by molar-refractivity contribution is 0.0902. The van der Waals surface area contributed by atoms with Gasteiger partial charge in [-0.3, -0.25) is 4.79 Å². The Labute approximate surface area is 116 Å². The number of halogens is 1. The highest BCUT2D eigenvalue weighted by atomic mass is 79.9. The highest BCUT2D eigenvalue weighted by molar-refractivity contribution is 9.10. The number of nitrogens with two attached hydrogens (primary N) is 1. The van der Waals surface area contributed by atoms with Crippen molar-refractivity contribution < 1.29 is 4.79 Å². The first-order valence-corrected chi connectivity index (χ1v) is 6.98. The number of nitrogen functional groups attached to an aromatic ring is 1. The van der Waals surface area contributed by atoms with Gasteiger partial charge in [-0.25, -0.2) is 0 Å². The zero-order chi connectivity index (χ0) is 13.5. The molecule has 0 spiro atoms. The molecule has 0 aliphatic heterocycles. The van der Waals surface area contributed by atoms with E-state index >= 15 is 0 Å². The van der Waals surface area contributed by atoms with Crippen molar-refractivity contribution in [2.24, 2.45) is 5.92 Å². The summed E-state index contributed by atoms with van der Waals surface area (Å²) in [5, 5.41) is 3.11. The normalized spacial score (nSPS) is 15.6. The first-order chi connectivity index (χ1) is 8.31. The van der Waals surface area contributed by atoms with Gasteiger partial charge in [0.2, 0.25) is 0 Å². The molecule has 1 aliphatic carbocycles. The summed E-state index contributed by atoms with van der Waals surface area (Å²) < 4.78 is 0.833. The fourth-order valence-electron chi connectivity index (χ4n) is 2.20. The zero-order valence-corrected chi connectivity index (χ0v) is 12.6. The lowest BCUT2D eigenvalue weighted by Gasteiger charge is -2.26. The van der Waals surface area contributed by atoms with Crippen LogP contribution in [0.25, 0.3) is 0 Å². The number of carbonyl (C=O) groups is 1. The van der Waals surface area contributed by atoms with E-state index in [4.69, 9.17) is 5.73 Å². The van der Waals surface area contributed by atoms with E-state index in [0.717, 1.165) is 10.0 Å². The topological polar surface area (TPSA) is 55.1 Å². The lowest BCUT2D eigenvalue weighted by Crippen LogP contribution is -2.45. The van der Waals surface area contributed by atoms with E-state index < -0.39 is 0 Å². The Morgan fingerprint density at radius 3 is 2.61 bits per heavy atom. The van der Waals surface area contributed by atoms with Crippen molar-refractivity contribution in [3.63, 3.8) is 0 Å². The molecule has 0 aromatic heterocycles. The van der Waals surface area contributed by atoms with Crippen molar-refractivity contribution >= 4 is 27.5 Å². The molecule has 18 heavy (non-hydrogen) atoms. The maximum Gasteiger partial charge on any atom is 0.252 e. The van der Waals surface area contributed by atoms with Crippen LogP contribution in [-0.2, 0) is 0 Å². The second-order valence-corrected chi connectivity index (χ2v) is 6.53. The third-order valence-electron chi connectivity index (χ3n) is 3.69. The number of benzene rings is 1. The second-order valence-electron chi connectivity index (χ2n) is 5.62. The van der Waals surface area contributed by atoms with Gasteiger partial charge in [0.1, 0.15) is 0 Å². The molecule has 0 radical (unpaired) electrons. The maximum atomic E-state index is 12.3. The number of rotatable bonds is 3. The third-order valence-corrected chi connectivity index (χ3v) is 4.15. The minimum atomic E-state index is -0.138. The standard InChI is InChI=1S/C14H19BrN2O/c1-8-11(6-10(15)7-12(8)16)13(18)17-14(2,3)9-4-5-9/h6-7,9H,4-5,16H2,1-3H3,(H,17,18). The van der Waals surface area contributed by atoms with E-state index in [1.807, 2.05) is 19.1 Å². The van der Waals surface area contributed by atoms with E-state index in [9.17, 15) is 4.79 Å². The Kier molecular flexibility index (Phi) is 3.41. The summed E-state index contributed by atoms with van der Waals surface area (Å²) in [5.74, 6) is 0.559. The molecule has 2 rings (SSSR count). The Hall–Kier alpha value is -1.03. The highest BCUT2D eigenvalue weighted by Gasteiger charge is 2.39. The Morgan fingerprint density at radius 1 is 1.44 bits per heavy atom. The quantitative estimate of drug-likeness (QED) is 0.842. The average Bonchev–Trinajstić information content (AvgIpc) is 3.06. The van der Waals surface area contributed by atoms with Crippen LogP contribution in [0.5, 0.6) is 0 Å². The lowest BCUT2D eigenvalue weighted by atomic mass is 9.97. The van der Waals surface area contributed by atoms with Gasteiger partial charge in [-0.05, 0) is 57.2 Å². The molecule has 3 N–H and O–H groups in total. The molecule has 0 unspecified atom stereocenters. The first kappa shape index (κ1) is 13.4. The number of carbonyl (C=O) groups excluding carboxylic acids is 1. The number of anilines is 1. The van der Waals surface area contributed by atoms with Crippen molar-refractivity contribution in [1.29, 1.82) is 0 Å². The molecule has 0 atom stereocenters. The van der Waals surface area contributed by atoms with Crippen LogP contribution in [0, 0.1) is 12.8 Å². The van der Waals surface area contributed by atoms with Gasteiger partial charge in [-0.1, -0.05) is 15.9 Å². The average molecular weight is 311 g/mol. The zero-order valence-electron chi connectivity index (χ0n) is 11.0. The van der Waals surface area contributed by atoms with Crippen molar-refractivity contribution in [2.45, 2.75) is 39.2 Å². The molecule has 4 heteroatoms. The molecule has 1 amide bonds. The first-order valence-electron chi connectivity index (χ1n) is 6.19. The summed E-state index contributed by atoms with van der Waals surface area (Å²) in [6.07, 6.45) is 2.40. The largest absolute Gasteiger partial charge is 0.398 e. The van der Waals surface area contributed by atoms with Crippen LogP contribution in [-0.4, -0.2) is 11.4 Å². The van der Waals surface area contributed by atoms with Gasteiger partial charge in [0.05, 0.1) is 0 Å². The van der Waals surface area contributed by atoms with Crippen molar-refractivity contribution in [1.82, 2.24) is 5.32 Å². The summed E-state index contributed by atoms with van der Waals surface area (Å²) in [6.45, 7) is 6.04. The van der Waals surface area contributed by atoms with Crippen LogP contribution in [0.2, 0.25) is 0 Å². The Balaban J connectivity index is 2.23. The number of hydrogen-bond donors (Lipinski definition) is 2. The third kappa shape index (κ3) is 2.69. The molecular weight excluding hydrogens is 292 g/mol. The van der Waals surface area contributed by atoms with E-state index in [2.05, 4.69) is 35.1 Å². The van der Waals surface area contributed by atoms with Crippen LogP contribution < -0.4 is 11.1 Å². The van der Waals surface area contributed by atoms with Gasteiger partial charge in [0.25, 0.3) is 5.91 Å². The van der Waals surface area contributed by atoms with Crippen molar-refractivity contribution in [3.05, 3.63) is 27.7 Å². The summed E-state index contributed by atoms with van der Waals surface area (Å²) in [7, 11) is 0. The fraction of sp³-hybridized carbons (Fsp3) is 0.500. The number of amides is 1. The van der Waals surface area contributed by atoms with E-state index in [0.29, 0.717) is 17.2 Å². The molecule has 1 fully saturated rings. The number of hydrogen-bond acceptors (Lipinski definition) is 2. The van der Waals surface area contributed by atoms with Crippen molar-refractivity contribution in [3.8, 4) is 0 Å². The van der Waals surface area contributed by atoms with Gasteiger partial charge in [0, 0.05) is 21.3 Å². The summed E-state index contributed by atoms with van der Waals surface area (Å²) in [5.41, 5.74) is 7.87. The molecule has 3 nitrogen and oxygen atoms in total. The highest BCUT2D eigenvalue weighted by Crippen LogP contribution is 2.39. The summed E-state index contributed by atoms with van der Waals surface area (Å²) in [6, 6.07) is 3.64. The molecule has 0 heterocycles. The van der Waals surface area contributed by atoms with Gasteiger partial charge < -0.3 is 11.1 Å². The molecule has 1 aromatic rings. The van der Waals surface area contributed by atoms with Crippen LogP contribution in [0.1, 0.15) is 42.6 Å². The molecule has 0 bridgehead atoms. The Morgan fingerprint density at radius 2 is 2.06 bits per heavy atom. The van der Waals surface area contributed by atoms with E-state index in [-0.39, 0.29) is 11.4 Å². The smallest absolute Gasteiger partial charge is 0.252 e. The minimum absolute atomic E-state index is 0.0441. The molecule has 1 saturated carbocycles. The summed E-state index contributed by atoms with van der Waals surface area (Å²) >= 11 is 3.38. The van der Waals surface area contributed by atoms with E-state index in [1.54, 1.807) is 0 Å². The molecule has 1 aliphatic rings.